The number of carbonyl (C=O) groups excluding carboxylic acids is 8. The number of unbranched alkanes of at least 4 members (excludes halogenated alkanes) is 4. The van der Waals surface area contributed by atoms with Gasteiger partial charge in [0.15, 0.2) is 29.2 Å². The van der Waals surface area contributed by atoms with Crippen LogP contribution >= 0.6 is 12.6 Å². The van der Waals surface area contributed by atoms with Crippen LogP contribution in [0.2, 0.25) is 0 Å². The molecule has 4 N–H and O–H groups in total. The lowest BCUT2D eigenvalue weighted by Gasteiger charge is -2.31. The zero-order valence-electron chi connectivity index (χ0n) is 45.7. The maximum Gasteiger partial charge on any atom is 0.416 e. The van der Waals surface area contributed by atoms with Crippen molar-refractivity contribution in [3.8, 4) is 23.0 Å². The second kappa shape index (κ2) is 26.9. The number of aliphatic hydroxyl groups is 1. The highest BCUT2D eigenvalue weighted by Crippen LogP contribution is 2.43. The van der Waals surface area contributed by atoms with Crippen LogP contribution in [0.3, 0.4) is 0 Å². The van der Waals surface area contributed by atoms with Crippen LogP contribution in [0.15, 0.2) is 88.8 Å². The summed E-state index contributed by atoms with van der Waals surface area (Å²) in [6.07, 6.45) is 5.93. The van der Waals surface area contributed by atoms with Crippen LogP contribution in [0, 0.1) is 0 Å². The highest BCUT2D eigenvalue weighted by atomic mass is 32.1. The zero-order valence-corrected chi connectivity index (χ0v) is 46.6. The zero-order chi connectivity index (χ0) is 57.9. The van der Waals surface area contributed by atoms with Gasteiger partial charge >= 0.3 is 6.09 Å². The Balaban J connectivity index is 0.823. The van der Waals surface area contributed by atoms with Crippen LogP contribution in [-0.2, 0) is 35.3 Å². The molecule has 8 amide bonds. The van der Waals surface area contributed by atoms with E-state index >= 15 is 0 Å². The Labute approximate surface area is 474 Å². The molecule has 2 fully saturated rings. The number of nitrogens with one attached hydrogen (secondary N) is 3. The van der Waals surface area contributed by atoms with Gasteiger partial charge < -0.3 is 54.5 Å². The van der Waals surface area contributed by atoms with Crippen molar-refractivity contribution in [3.63, 3.8) is 0 Å². The number of anilines is 2. The molecule has 0 aromatic heterocycles. The first kappa shape index (κ1) is 59.0. The average Bonchev–Trinajstić information content (AvgIpc) is 4.20. The summed E-state index contributed by atoms with van der Waals surface area (Å²) in [6, 6.07) is 11.0. The summed E-state index contributed by atoms with van der Waals surface area (Å²) < 4.78 is 29.4. The van der Waals surface area contributed by atoms with E-state index in [0.29, 0.717) is 111 Å². The number of imide groups is 1. The molecule has 0 bridgehead atoms. The van der Waals surface area contributed by atoms with Crippen LogP contribution in [0.1, 0.15) is 104 Å². The van der Waals surface area contributed by atoms with Crippen LogP contribution in [0.5, 0.6) is 23.0 Å². The molecule has 5 aliphatic heterocycles. The molecule has 430 valence electrons. The number of ether oxygens (including phenoxy) is 5. The Bertz CT molecular complexity index is 3040. The number of methoxy groups -OCH3 is 2. The standard InChI is InChI=1S/C58H68N8O14S/c1-6-13-41(62-51(68)30-60-50(67)14-9-7-10-19-63-52(69)28-49(81)57(63)74)53(70)61-37-17-15-36(16-18-37)33-80-58(75)66-43-27-48(46(77-5)25-40(43)55(72)65-32-35(3)23-44(65)56(66)73)79-21-12-8-11-20-78-47-26-42-39(24-45(47)76-4)54(71)64-31-34(2)22-38(64)29-59-42/h15-18,24-29,38,41,44,56,73,81H,2-3,6-14,19-23,30-33H2,1,4-5H3,(H,60,67)(H,61,70)(H,62,68). The SMILES string of the molecule is C=C1CC2C=Nc3cc(OCCCCCOc4cc5c(cc4OC)C(=O)N4CC(=C)CC4C(O)N5C(=O)OCc4ccc(NC(=O)C(CCC)NC(=O)CNC(=O)CCCCCN5C(=O)C=C(S)C5=O)cc4)c(OC)cc3C(=O)N2C1. The number of benzene rings is 3. The van der Waals surface area contributed by atoms with E-state index in [1.54, 1.807) is 47.5 Å². The second-order valence-corrected chi connectivity index (χ2v) is 20.8. The Morgan fingerprint density at radius 3 is 2.12 bits per heavy atom. The largest absolute Gasteiger partial charge is 0.493 e. The topological polar surface area (TPSA) is 264 Å². The minimum absolute atomic E-state index is 0.0633. The molecule has 22 nitrogen and oxygen atoms in total. The summed E-state index contributed by atoms with van der Waals surface area (Å²) >= 11 is 3.98. The van der Waals surface area contributed by atoms with Crippen molar-refractivity contribution in [1.82, 2.24) is 25.3 Å². The van der Waals surface area contributed by atoms with E-state index in [4.69, 9.17) is 23.7 Å². The molecule has 3 aromatic carbocycles. The van der Waals surface area contributed by atoms with Gasteiger partial charge in [0.25, 0.3) is 23.6 Å². The molecule has 8 rings (SSSR count). The molecule has 4 unspecified atom stereocenters. The molecular weight excluding hydrogens is 1060 g/mol. The summed E-state index contributed by atoms with van der Waals surface area (Å²) in [6.45, 7) is 10.8. The van der Waals surface area contributed by atoms with Gasteiger partial charge in [-0.25, -0.2) is 9.69 Å². The summed E-state index contributed by atoms with van der Waals surface area (Å²) in [5.74, 6) is -1.45. The van der Waals surface area contributed by atoms with Crippen molar-refractivity contribution in [3.05, 3.63) is 101 Å². The molecule has 23 heteroatoms. The summed E-state index contributed by atoms with van der Waals surface area (Å²) in [7, 11) is 2.96. The fourth-order valence-electron chi connectivity index (χ4n) is 10.2. The van der Waals surface area contributed by atoms with E-state index in [-0.39, 0.29) is 91.2 Å². The Morgan fingerprint density at radius 2 is 1.44 bits per heavy atom. The lowest BCUT2D eigenvalue weighted by atomic mass is 10.1. The van der Waals surface area contributed by atoms with Crippen LogP contribution < -0.4 is 39.8 Å². The predicted octanol–water partition coefficient (Wildman–Crippen LogP) is 6.15. The van der Waals surface area contributed by atoms with Crippen molar-refractivity contribution in [1.29, 1.82) is 0 Å². The molecule has 2 saturated heterocycles. The normalized spacial score (nSPS) is 18.5. The number of hydrogen-bond acceptors (Lipinski definition) is 16. The number of nitrogens with zero attached hydrogens (tertiary/aromatic N) is 5. The average molecular weight is 1130 g/mol. The highest BCUT2D eigenvalue weighted by Gasteiger charge is 2.46. The van der Waals surface area contributed by atoms with Gasteiger partial charge in [0, 0.05) is 56.2 Å². The molecule has 5 heterocycles. The van der Waals surface area contributed by atoms with Crippen molar-refractivity contribution < 1.29 is 67.1 Å². The number of aliphatic hydroxyl groups excluding tert-OH is 1. The third-order valence-corrected chi connectivity index (χ3v) is 14.7. The van der Waals surface area contributed by atoms with Gasteiger partial charge in [-0.2, -0.15) is 0 Å². The Hall–Kier alpha value is -8.18. The van der Waals surface area contributed by atoms with Gasteiger partial charge in [-0.1, -0.05) is 56.2 Å². The number of amides is 8. The van der Waals surface area contributed by atoms with Gasteiger partial charge in [0.1, 0.15) is 12.6 Å². The van der Waals surface area contributed by atoms with Gasteiger partial charge in [0.05, 0.1) is 73.5 Å². The van der Waals surface area contributed by atoms with E-state index in [2.05, 4.69) is 46.7 Å². The van der Waals surface area contributed by atoms with E-state index in [1.165, 1.54) is 37.3 Å². The molecular formula is C58H68N8O14S. The first-order valence-corrected chi connectivity index (χ1v) is 27.5. The highest BCUT2D eigenvalue weighted by molar-refractivity contribution is 7.85. The number of rotatable bonds is 25. The first-order valence-electron chi connectivity index (χ1n) is 27.0. The van der Waals surface area contributed by atoms with E-state index < -0.39 is 53.9 Å². The summed E-state index contributed by atoms with van der Waals surface area (Å²) in [5, 5.41) is 19.9. The molecule has 0 spiro atoms. The van der Waals surface area contributed by atoms with E-state index in [9.17, 15) is 43.5 Å². The minimum atomic E-state index is -1.53. The monoisotopic (exact) mass is 1130 g/mol. The van der Waals surface area contributed by atoms with Crippen molar-refractivity contribution in [2.75, 3.05) is 63.8 Å². The van der Waals surface area contributed by atoms with Crippen molar-refractivity contribution in [2.24, 2.45) is 4.99 Å². The fraction of sp³-hybridized carbons (Fsp3) is 0.431. The second-order valence-electron chi connectivity index (χ2n) is 20.3. The van der Waals surface area contributed by atoms with Crippen molar-refractivity contribution >= 4 is 83.3 Å². The van der Waals surface area contributed by atoms with E-state index in [0.717, 1.165) is 15.4 Å². The maximum atomic E-state index is 14.2. The lowest BCUT2D eigenvalue weighted by molar-refractivity contribution is -0.137. The van der Waals surface area contributed by atoms with Crippen LogP contribution in [0.4, 0.5) is 21.9 Å². The van der Waals surface area contributed by atoms with Crippen molar-refractivity contribution in [2.45, 2.75) is 109 Å². The summed E-state index contributed by atoms with van der Waals surface area (Å²) in [4.78, 5) is 114. The van der Waals surface area contributed by atoms with Crippen LogP contribution in [-0.4, -0.2) is 151 Å². The Kier molecular flexibility index (Phi) is 19.5. The van der Waals surface area contributed by atoms with Gasteiger partial charge in [0.2, 0.25) is 17.7 Å². The van der Waals surface area contributed by atoms with Crippen LogP contribution in [0.25, 0.3) is 0 Å². The molecule has 0 aliphatic carbocycles. The Morgan fingerprint density at radius 1 is 0.790 bits per heavy atom. The van der Waals surface area contributed by atoms with E-state index in [1.807, 2.05) is 6.92 Å². The first-order chi connectivity index (χ1) is 39.0. The van der Waals surface area contributed by atoms with Gasteiger partial charge in [-0.3, -0.25) is 43.5 Å². The summed E-state index contributed by atoms with van der Waals surface area (Å²) in [5.41, 5.74) is 3.72. The lowest BCUT2D eigenvalue weighted by Crippen LogP contribution is -2.50. The third-order valence-electron chi connectivity index (χ3n) is 14.4. The van der Waals surface area contributed by atoms with Gasteiger partial charge in [-0.05, 0) is 81.2 Å². The van der Waals surface area contributed by atoms with Gasteiger partial charge in [-0.15, -0.1) is 12.6 Å². The molecule has 0 radical (unpaired) electrons. The number of thiol groups is 1. The predicted molar refractivity (Wildman–Crippen MR) is 302 cm³/mol. The number of hydrogen-bond donors (Lipinski definition) is 5. The third kappa shape index (κ3) is 14.1. The number of fused-ring (bicyclic) bond motifs is 4. The maximum absolute atomic E-state index is 14.2. The molecule has 4 atom stereocenters. The quantitative estimate of drug-likeness (QED) is 0.0276. The smallest absolute Gasteiger partial charge is 0.416 e. The fourth-order valence-corrected chi connectivity index (χ4v) is 10.4. The molecule has 3 aromatic rings. The number of aliphatic imine (C=N–C) groups is 1. The molecule has 81 heavy (non-hydrogen) atoms. The minimum Gasteiger partial charge on any atom is -0.493 e. The molecule has 5 aliphatic rings. The molecule has 0 saturated carbocycles. The number of carbonyl (C=O) groups is 8.